The van der Waals surface area contributed by atoms with Gasteiger partial charge in [0.15, 0.2) is 0 Å². The normalized spacial score (nSPS) is 10.4. The number of primary amides is 1. The summed E-state index contributed by atoms with van der Waals surface area (Å²) in [5.74, 6) is 0.361. The van der Waals surface area contributed by atoms with Gasteiger partial charge >= 0.3 is 0 Å². The maximum atomic E-state index is 11.1. The summed E-state index contributed by atoms with van der Waals surface area (Å²) in [6.07, 6.45) is 0.939. The molecule has 0 bridgehead atoms. The zero-order valence-corrected chi connectivity index (χ0v) is 13.3. The Balaban J connectivity index is 2.07. The number of halogens is 1. The van der Waals surface area contributed by atoms with Gasteiger partial charge in [0.1, 0.15) is 5.75 Å². The quantitative estimate of drug-likeness (QED) is 0.811. The molecule has 0 saturated carbocycles. The van der Waals surface area contributed by atoms with Crippen molar-refractivity contribution in [2.45, 2.75) is 19.9 Å². The van der Waals surface area contributed by atoms with Crippen LogP contribution in [0.15, 0.2) is 29.6 Å². The highest BCUT2D eigenvalue weighted by Gasteiger charge is 2.07. The molecule has 0 aliphatic heterocycles. The molecule has 0 spiro atoms. The van der Waals surface area contributed by atoms with Gasteiger partial charge < -0.3 is 15.8 Å². The van der Waals surface area contributed by atoms with E-state index in [0.717, 1.165) is 22.7 Å². The molecule has 4 nitrogen and oxygen atoms in total. The lowest BCUT2D eigenvalue weighted by Gasteiger charge is -2.12. The van der Waals surface area contributed by atoms with Crippen LogP contribution < -0.4 is 15.8 Å². The van der Waals surface area contributed by atoms with E-state index in [2.05, 4.69) is 12.2 Å². The van der Waals surface area contributed by atoms with E-state index in [1.54, 1.807) is 17.5 Å². The van der Waals surface area contributed by atoms with Crippen LogP contribution in [-0.2, 0) is 6.54 Å². The van der Waals surface area contributed by atoms with Gasteiger partial charge in [-0.3, -0.25) is 4.79 Å². The highest BCUT2D eigenvalue weighted by atomic mass is 35.5. The van der Waals surface area contributed by atoms with Gasteiger partial charge in [0.25, 0.3) is 0 Å². The van der Waals surface area contributed by atoms with Crippen molar-refractivity contribution in [1.82, 2.24) is 0 Å². The average Bonchev–Trinajstić information content (AvgIpc) is 2.93. The van der Waals surface area contributed by atoms with Crippen LogP contribution in [0.5, 0.6) is 5.75 Å². The number of ether oxygens (including phenoxy) is 1. The van der Waals surface area contributed by atoms with Crippen LogP contribution in [0.25, 0.3) is 0 Å². The number of hydrogen-bond acceptors (Lipinski definition) is 4. The lowest BCUT2D eigenvalue weighted by Crippen LogP contribution is -2.09. The average molecular weight is 325 g/mol. The number of amides is 1. The SMILES string of the molecule is CCCOc1ccc(Cl)cc1NCc1cc(C(N)=O)cs1. The molecular weight excluding hydrogens is 308 g/mol. The first kappa shape index (κ1) is 15.7. The number of anilines is 1. The van der Waals surface area contributed by atoms with E-state index in [4.69, 9.17) is 22.1 Å². The monoisotopic (exact) mass is 324 g/mol. The largest absolute Gasteiger partial charge is 0.491 e. The van der Waals surface area contributed by atoms with E-state index in [1.165, 1.54) is 11.3 Å². The first-order valence-electron chi connectivity index (χ1n) is 6.63. The minimum absolute atomic E-state index is 0.410. The predicted octanol–water partition coefficient (Wildman–Crippen LogP) is 3.90. The second-order valence-electron chi connectivity index (χ2n) is 4.51. The number of carbonyl (C=O) groups excluding carboxylic acids is 1. The van der Waals surface area contributed by atoms with Gasteiger partial charge in [0.2, 0.25) is 5.91 Å². The molecule has 1 heterocycles. The van der Waals surface area contributed by atoms with Gasteiger partial charge in [0.05, 0.1) is 17.9 Å². The van der Waals surface area contributed by atoms with Gasteiger partial charge in [-0.25, -0.2) is 0 Å². The van der Waals surface area contributed by atoms with Gasteiger partial charge in [-0.15, -0.1) is 11.3 Å². The fourth-order valence-corrected chi connectivity index (χ4v) is 2.75. The highest BCUT2D eigenvalue weighted by Crippen LogP contribution is 2.29. The fraction of sp³-hybridized carbons (Fsp3) is 0.267. The molecule has 2 aromatic rings. The van der Waals surface area contributed by atoms with E-state index in [0.29, 0.717) is 23.7 Å². The van der Waals surface area contributed by atoms with Crippen molar-refractivity contribution in [3.05, 3.63) is 45.1 Å². The third-order valence-electron chi connectivity index (χ3n) is 2.79. The highest BCUT2D eigenvalue weighted by molar-refractivity contribution is 7.10. The van der Waals surface area contributed by atoms with Crippen LogP contribution in [0, 0.1) is 0 Å². The molecule has 112 valence electrons. The van der Waals surface area contributed by atoms with Crippen LogP contribution in [-0.4, -0.2) is 12.5 Å². The Kier molecular flexibility index (Phi) is 5.47. The van der Waals surface area contributed by atoms with Crippen LogP contribution in [0.2, 0.25) is 5.02 Å². The zero-order chi connectivity index (χ0) is 15.2. The first-order chi connectivity index (χ1) is 10.1. The summed E-state index contributed by atoms with van der Waals surface area (Å²) in [6, 6.07) is 7.27. The second kappa shape index (κ2) is 7.33. The number of benzene rings is 1. The fourth-order valence-electron chi connectivity index (χ4n) is 1.76. The van der Waals surface area contributed by atoms with Crippen molar-refractivity contribution in [2.75, 3.05) is 11.9 Å². The van der Waals surface area contributed by atoms with Crippen LogP contribution in [0.3, 0.4) is 0 Å². The summed E-state index contributed by atoms with van der Waals surface area (Å²) >= 11 is 7.51. The number of rotatable bonds is 7. The number of hydrogen-bond donors (Lipinski definition) is 2. The van der Waals surface area contributed by atoms with Crippen LogP contribution in [0.1, 0.15) is 28.6 Å². The summed E-state index contributed by atoms with van der Waals surface area (Å²) in [5.41, 5.74) is 6.61. The molecule has 2 rings (SSSR count). The van der Waals surface area contributed by atoms with Crippen molar-refractivity contribution < 1.29 is 9.53 Å². The molecule has 1 aromatic heterocycles. The van der Waals surface area contributed by atoms with Gasteiger partial charge in [-0.05, 0) is 30.7 Å². The summed E-state index contributed by atoms with van der Waals surface area (Å²) in [7, 11) is 0. The summed E-state index contributed by atoms with van der Waals surface area (Å²) < 4.78 is 5.68. The maximum absolute atomic E-state index is 11.1. The minimum Gasteiger partial charge on any atom is -0.491 e. The number of thiophene rings is 1. The molecule has 1 aromatic carbocycles. The van der Waals surface area contributed by atoms with Crippen molar-refractivity contribution >= 4 is 34.5 Å². The molecular formula is C15H17ClN2O2S. The first-order valence-corrected chi connectivity index (χ1v) is 7.89. The molecule has 0 aliphatic carbocycles. The Morgan fingerprint density at radius 3 is 2.90 bits per heavy atom. The molecule has 3 N–H and O–H groups in total. The van der Waals surface area contributed by atoms with Crippen LogP contribution >= 0.6 is 22.9 Å². The standard InChI is InChI=1S/C15H17ClN2O2S/c1-2-5-20-14-4-3-11(16)7-13(14)18-8-12-6-10(9-21-12)15(17)19/h3-4,6-7,9,18H,2,5,8H2,1H3,(H2,17,19). The Morgan fingerprint density at radius 1 is 1.43 bits per heavy atom. The Hall–Kier alpha value is -1.72. The summed E-state index contributed by atoms with van der Waals surface area (Å²) in [4.78, 5) is 12.1. The Bertz CT molecular complexity index is 628. The van der Waals surface area contributed by atoms with Crippen LogP contribution in [0.4, 0.5) is 5.69 Å². The predicted molar refractivity (Wildman–Crippen MR) is 87.4 cm³/mol. The number of nitrogens with one attached hydrogen (secondary N) is 1. The van der Waals surface area contributed by atoms with Crippen molar-refractivity contribution in [2.24, 2.45) is 5.73 Å². The van der Waals surface area contributed by atoms with Gasteiger partial charge in [-0.2, -0.15) is 0 Å². The molecule has 21 heavy (non-hydrogen) atoms. The minimum atomic E-state index is -0.410. The zero-order valence-electron chi connectivity index (χ0n) is 11.7. The van der Waals surface area contributed by atoms with E-state index in [1.807, 2.05) is 12.1 Å². The number of nitrogens with two attached hydrogens (primary N) is 1. The van der Waals surface area contributed by atoms with E-state index in [-0.39, 0.29) is 0 Å². The molecule has 0 radical (unpaired) electrons. The lowest BCUT2D eigenvalue weighted by atomic mass is 10.2. The molecule has 1 amide bonds. The third-order valence-corrected chi connectivity index (χ3v) is 3.97. The molecule has 6 heteroatoms. The lowest BCUT2D eigenvalue weighted by molar-refractivity contribution is 0.100. The number of carbonyl (C=O) groups is 1. The summed E-state index contributed by atoms with van der Waals surface area (Å²) in [5, 5.41) is 5.68. The molecule has 0 fully saturated rings. The van der Waals surface area contributed by atoms with E-state index >= 15 is 0 Å². The van der Waals surface area contributed by atoms with Gasteiger partial charge in [-0.1, -0.05) is 18.5 Å². The topological polar surface area (TPSA) is 64.3 Å². The smallest absolute Gasteiger partial charge is 0.249 e. The van der Waals surface area contributed by atoms with E-state index in [9.17, 15) is 4.79 Å². The van der Waals surface area contributed by atoms with Crippen molar-refractivity contribution in [1.29, 1.82) is 0 Å². The molecule has 0 unspecified atom stereocenters. The summed E-state index contributed by atoms with van der Waals surface area (Å²) in [6.45, 7) is 3.29. The van der Waals surface area contributed by atoms with E-state index < -0.39 is 5.91 Å². The molecule has 0 saturated heterocycles. The molecule has 0 atom stereocenters. The molecule has 0 aliphatic rings. The maximum Gasteiger partial charge on any atom is 0.249 e. The van der Waals surface area contributed by atoms with Crippen molar-refractivity contribution in [3.63, 3.8) is 0 Å². The third kappa shape index (κ3) is 4.37. The van der Waals surface area contributed by atoms with Gasteiger partial charge in [0, 0.05) is 21.8 Å². The van der Waals surface area contributed by atoms with Crippen molar-refractivity contribution in [3.8, 4) is 5.75 Å². The Morgan fingerprint density at radius 2 is 2.24 bits per heavy atom. The second-order valence-corrected chi connectivity index (χ2v) is 5.94. The Labute approximate surface area is 132 Å².